The van der Waals surface area contributed by atoms with E-state index in [9.17, 15) is 24.5 Å². The van der Waals surface area contributed by atoms with Gasteiger partial charge >= 0.3 is 6.03 Å². The summed E-state index contributed by atoms with van der Waals surface area (Å²) < 4.78 is 0. The van der Waals surface area contributed by atoms with Crippen LogP contribution in [0, 0.1) is 10.1 Å². The second-order valence-electron chi connectivity index (χ2n) is 5.97. The zero-order chi connectivity index (χ0) is 20.3. The van der Waals surface area contributed by atoms with Crippen molar-refractivity contribution in [2.75, 3.05) is 18.4 Å². The smallest absolute Gasteiger partial charge is 0.319 e. The van der Waals surface area contributed by atoms with Crippen LogP contribution in [0.1, 0.15) is 27.1 Å². The van der Waals surface area contributed by atoms with Crippen LogP contribution in [0.2, 0.25) is 5.02 Å². The minimum Gasteiger partial charge on any atom is -0.338 e. The molecule has 1 aliphatic heterocycles. The van der Waals surface area contributed by atoms with Crippen LogP contribution in [0.15, 0.2) is 42.5 Å². The molecule has 0 aromatic heterocycles. The van der Waals surface area contributed by atoms with Gasteiger partial charge in [0.1, 0.15) is 5.02 Å². The molecule has 0 saturated carbocycles. The lowest BCUT2D eigenvalue weighted by Crippen LogP contribution is -2.35. The molecule has 2 N–H and O–H groups in total. The van der Waals surface area contributed by atoms with Gasteiger partial charge in [-0.3, -0.25) is 24.6 Å². The molecule has 0 saturated heterocycles. The molecule has 0 spiro atoms. The van der Waals surface area contributed by atoms with Crippen LogP contribution >= 0.6 is 11.6 Å². The molecule has 0 aliphatic carbocycles. The van der Waals surface area contributed by atoms with Gasteiger partial charge in [0.15, 0.2) is 0 Å². The standard InChI is InChI=1S/C18H15ClN4O5/c19-14-7-6-11(10-15(14)23(27)28)21-18(26)20-8-3-9-22-16(24)12-4-1-2-5-13(12)17(22)25/h1-2,4-7,10H,3,8-9H2,(H2,20,21,26). The van der Waals surface area contributed by atoms with Crippen LogP contribution in [0.5, 0.6) is 0 Å². The Balaban J connectivity index is 1.48. The van der Waals surface area contributed by atoms with Gasteiger partial charge in [-0.25, -0.2) is 4.79 Å². The molecule has 1 heterocycles. The number of urea groups is 1. The number of rotatable bonds is 6. The van der Waals surface area contributed by atoms with Crippen LogP contribution in [0.25, 0.3) is 0 Å². The molecule has 0 unspecified atom stereocenters. The predicted octanol–water partition coefficient (Wildman–Crippen LogP) is 3.06. The summed E-state index contributed by atoms with van der Waals surface area (Å²) in [6.45, 7) is 0.369. The topological polar surface area (TPSA) is 122 Å². The molecular weight excluding hydrogens is 388 g/mol. The molecule has 1 aliphatic rings. The predicted molar refractivity (Wildman–Crippen MR) is 102 cm³/mol. The largest absolute Gasteiger partial charge is 0.338 e. The van der Waals surface area contributed by atoms with Crippen LogP contribution in [0.3, 0.4) is 0 Å². The number of hydrogen-bond donors (Lipinski definition) is 2. The van der Waals surface area contributed by atoms with Crippen molar-refractivity contribution in [2.45, 2.75) is 6.42 Å². The number of benzene rings is 2. The summed E-state index contributed by atoms with van der Waals surface area (Å²) in [5.74, 6) is -0.697. The number of imide groups is 1. The van der Waals surface area contributed by atoms with Crippen molar-refractivity contribution in [3.8, 4) is 0 Å². The number of nitro groups is 1. The van der Waals surface area contributed by atoms with Gasteiger partial charge in [-0.05, 0) is 30.7 Å². The molecule has 2 aromatic rings. The van der Waals surface area contributed by atoms with E-state index in [1.807, 2.05) is 0 Å². The van der Waals surface area contributed by atoms with Crippen molar-refractivity contribution in [1.82, 2.24) is 10.2 Å². The van der Waals surface area contributed by atoms with E-state index in [1.54, 1.807) is 24.3 Å². The fraction of sp³-hybridized carbons (Fsp3) is 0.167. The number of nitro benzene ring substituents is 1. The number of fused-ring (bicyclic) bond motifs is 1. The van der Waals surface area contributed by atoms with Crippen LogP contribution in [-0.4, -0.2) is 40.8 Å². The summed E-state index contributed by atoms with van der Waals surface area (Å²) in [7, 11) is 0. The van der Waals surface area contributed by atoms with E-state index >= 15 is 0 Å². The molecule has 9 nitrogen and oxygen atoms in total. The molecule has 4 amide bonds. The van der Waals surface area contributed by atoms with Gasteiger partial charge in [0, 0.05) is 24.8 Å². The minimum absolute atomic E-state index is 0.0306. The fourth-order valence-electron chi connectivity index (χ4n) is 2.79. The molecule has 0 fully saturated rings. The van der Waals surface area contributed by atoms with E-state index in [4.69, 9.17) is 11.6 Å². The number of nitrogens with one attached hydrogen (secondary N) is 2. The Hall–Kier alpha value is -3.46. The number of anilines is 1. The number of carbonyl (C=O) groups excluding carboxylic acids is 3. The van der Waals surface area contributed by atoms with Gasteiger partial charge in [-0.1, -0.05) is 23.7 Å². The van der Waals surface area contributed by atoms with Gasteiger partial charge in [0.05, 0.1) is 16.1 Å². The molecular formula is C18H15ClN4O5. The van der Waals surface area contributed by atoms with Crippen molar-refractivity contribution >= 4 is 40.8 Å². The van der Waals surface area contributed by atoms with Crippen LogP contribution in [0.4, 0.5) is 16.2 Å². The molecule has 0 radical (unpaired) electrons. The number of hydrogen-bond acceptors (Lipinski definition) is 5. The zero-order valence-corrected chi connectivity index (χ0v) is 15.2. The molecule has 3 rings (SSSR count). The third kappa shape index (κ3) is 3.94. The third-order valence-electron chi connectivity index (χ3n) is 4.12. The normalized spacial score (nSPS) is 12.7. The first-order valence-corrected chi connectivity index (χ1v) is 8.70. The Morgan fingerprint density at radius 3 is 2.36 bits per heavy atom. The Kier molecular flexibility index (Phi) is 5.55. The van der Waals surface area contributed by atoms with Crippen molar-refractivity contribution in [2.24, 2.45) is 0 Å². The molecule has 0 bridgehead atoms. The quantitative estimate of drug-likeness (QED) is 0.333. The zero-order valence-electron chi connectivity index (χ0n) is 14.5. The summed E-state index contributed by atoms with van der Waals surface area (Å²) in [5.41, 5.74) is 0.657. The Morgan fingerprint density at radius 1 is 1.11 bits per heavy atom. The van der Waals surface area contributed by atoms with Gasteiger partial charge in [0.25, 0.3) is 17.5 Å². The van der Waals surface area contributed by atoms with E-state index < -0.39 is 11.0 Å². The molecule has 2 aromatic carbocycles. The number of amides is 4. The lowest BCUT2D eigenvalue weighted by Gasteiger charge is -2.14. The van der Waals surface area contributed by atoms with Gasteiger partial charge in [0.2, 0.25) is 0 Å². The summed E-state index contributed by atoms with van der Waals surface area (Å²) in [6.07, 6.45) is 0.361. The van der Waals surface area contributed by atoms with Crippen molar-refractivity contribution < 1.29 is 19.3 Å². The van der Waals surface area contributed by atoms with E-state index in [2.05, 4.69) is 10.6 Å². The Labute approximate surface area is 164 Å². The highest BCUT2D eigenvalue weighted by Gasteiger charge is 2.34. The first-order valence-electron chi connectivity index (χ1n) is 8.32. The van der Waals surface area contributed by atoms with Gasteiger partial charge in [-0.2, -0.15) is 0 Å². The van der Waals surface area contributed by atoms with Crippen molar-refractivity contribution in [1.29, 1.82) is 0 Å². The minimum atomic E-state index is -0.645. The summed E-state index contributed by atoms with van der Waals surface area (Å²) >= 11 is 5.72. The summed E-state index contributed by atoms with van der Waals surface area (Å²) in [4.78, 5) is 47.7. The van der Waals surface area contributed by atoms with E-state index in [0.717, 1.165) is 11.0 Å². The lowest BCUT2D eigenvalue weighted by molar-refractivity contribution is -0.384. The summed E-state index contributed by atoms with van der Waals surface area (Å²) in [6, 6.07) is 9.94. The highest BCUT2D eigenvalue weighted by molar-refractivity contribution is 6.32. The number of carbonyl (C=O) groups is 3. The highest BCUT2D eigenvalue weighted by Crippen LogP contribution is 2.27. The number of nitrogens with zero attached hydrogens (tertiary/aromatic N) is 2. The third-order valence-corrected chi connectivity index (χ3v) is 4.44. The second kappa shape index (κ2) is 8.05. The lowest BCUT2D eigenvalue weighted by atomic mass is 10.1. The first-order chi connectivity index (χ1) is 13.4. The second-order valence-corrected chi connectivity index (χ2v) is 6.37. The van der Waals surface area contributed by atoms with Gasteiger partial charge in [-0.15, -0.1) is 0 Å². The average Bonchev–Trinajstić information content (AvgIpc) is 2.91. The maximum absolute atomic E-state index is 12.2. The van der Waals surface area contributed by atoms with E-state index in [-0.39, 0.29) is 41.3 Å². The average molecular weight is 403 g/mol. The fourth-order valence-corrected chi connectivity index (χ4v) is 2.97. The highest BCUT2D eigenvalue weighted by atomic mass is 35.5. The first kappa shape index (κ1) is 19.3. The summed E-state index contributed by atoms with van der Waals surface area (Å²) in [5, 5.41) is 15.9. The number of halogens is 1. The van der Waals surface area contributed by atoms with Crippen molar-refractivity contribution in [3.05, 3.63) is 68.7 Å². The Morgan fingerprint density at radius 2 is 1.75 bits per heavy atom. The maximum atomic E-state index is 12.2. The van der Waals surface area contributed by atoms with E-state index in [1.165, 1.54) is 12.1 Å². The van der Waals surface area contributed by atoms with Crippen LogP contribution in [-0.2, 0) is 0 Å². The Bertz CT molecular complexity index is 943. The SMILES string of the molecule is O=C(NCCCN1C(=O)c2ccccc2C1=O)Nc1ccc(Cl)c([N+](=O)[O-])c1. The molecule has 0 atom stereocenters. The van der Waals surface area contributed by atoms with Gasteiger partial charge < -0.3 is 10.6 Å². The molecule has 10 heteroatoms. The van der Waals surface area contributed by atoms with Crippen molar-refractivity contribution in [3.63, 3.8) is 0 Å². The molecule has 144 valence electrons. The van der Waals surface area contributed by atoms with Crippen LogP contribution < -0.4 is 10.6 Å². The van der Waals surface area contributed by atoms with E-state index in [0.29, 0.717) is 17.5 Å². The molecule has 28 heavy (non-hydrogen) atoms. The maximum Gasteiger partial charge on any atom is 0.319 e. The monoisotopic (exact) mass is 402 g/mol.